The molecule has 1 aliphatic rings. The highest BCUT2D eigenvalue weighted by molar-refractivity contribution is 7.10. The van der Waals surface area contributed by atoms with E-state index >= 15 is 0 Å². The number of aromatic nitrogens is 2. The Balaban J connectivity index is 2.28. The van der Waals surface area contributed by atoms with Gasteiger partial charge in [0.1, 0.15) is 10.7 Å². The SMILES string of the molecule is CNc1snnc1C1CC1. The second-order valence-corrected chi connectivity index (χ2v) is 3.27. The minimum Gasteiger partial charge on any atom is -0.377 e. The molecule has 0 saturated heterocycles. The smallest absolute Gasteiger partial charge is 0.133 e. The predicted octanol–water partition coefficient (Wildman–Crippen LogP) is 1.46. The number of nitrogens with zero attached hydrogens (tertiary/aromatic N) is 2. The maximum Gasteiger partial charge on any atom is 0.133 e. The third-order valence-corrected chi connectivity index (χ3v) is 2.46. The van der Waals surface area contributed by atoms with Gasteiger partial charge in [0.25, 0.3) is 0 Å². The van der Waals surface area contributed by atoms with Gasteiger partial charge < -0.3 is 5.32 Å². The molecule has 1 heterocycles. The first-order valence-electron chi connectivity index (χ1n) is 3.42. The second kappa shape index (κ2) is 2.20. The molecule has 0 aliphatic heterocycles. The van der Waals surface area contributed by atoms with Crippen LogP contribution in [0.5, 0.6) is 0 Å². The van der Waals surface area contributed by atoms with Crippen molar-refractivity contribution in [2.45, 2.75) is 18.8 Å². The highest BCUT2D eigenvalue weighted by Crippen LogP contribution is 2.42. The molecule has 2 rings (SSSR count). The summed E-state index contributed by atoms with van der Waals surface area (Å²) < 4.78 is 3.88. The largest absolute Gasteiger partial charge is 0.377 e. The van der Waals surface area contributed by atoms with Crippen LogP contribution >= 0.6 is 11.5 Å². The fourth-order valence-corrected chi connectivity index (χ4v) is 1.60. The molecule has 4 heteroatoms. The maximum absolute atomic E-state index is 4.06. The Morgan fingerprint density at radius 3 is 3.00 bits per heavy atom. The van der Waals surface area contributed by atoms with Gasteiger partial charge in [-0.3, -0.25) is 0 Å². The lowest BCUT2D eigenvalue weighted by atomic mass is 10.3. The van der Waals surface area contributed by atoms with Crippen LogP contribution in [0.1, 0.15) is 24.5 Å². The normalized spacial score (nSPS) is 17.3. The van der Waals surface area contributed by atoms with E-state index in [2.05, 4.69) is 14.9 Å². The average molecular weight is 155 g/mol. The molecule has 0 radical (unpaired) electrons. The molecule has 10 heavy (non-hydrogen) atoms. The van der Waals surface area contributed by atoms with Crippen LogP contribution < -0.4 is 5.32 Å². The van der Waals surface area contributed by atoms with E-state index in [-0.39, 0.29) is 0 Å². The average Bonchev–Trinajstić information content (AvgIpc) is 2.69. The van der Waals surface area contributed by atoms with E-state index in [4.69, 9.17) is 0 Å². The van der Waals surface area contributed by atoms with Gasteiger partial charge in [0.15, 0.2) is 0 Å². The first-order chi connectivity index (χ1) is 4.92. The molecule has 1 aromatic heterocycles. The summed E-state index contributed by atoms with van der Waals surface area (Å²) in [6.07, 6.45) is 2.58. The van der Waals surface area contributed by atoms with E-state index in [1.165, 1.54) is 30.1 Å². The van der Waals surface area contributed by atoms with E-state index in [1.54, 1.807) is 0 Å². The molecule has 0 spiro atoms. The summed E-state index contributed by atoms with van der Waals surface area (Å²) in [5.74, 6) is 0.709. The van der Waals surface area contributed by atoms with Gasteiger partial charge in [-0.05, 0) is 12.8 Å². The molecule has 0 aromatic carbocycles. The number of nitrogens with one attached hydrogen (secondary N) is 1. The lowest BCUT2D eigenvalue weighted by Crippen LogP contribution is -1.89. The van der Waals surface area contributed by atoms with Crippen LogP contribution in [0.15, 0.2) is 0 Å². The van der Waals surface area contributed by atoms with Crippen molar-refractivity contribution in [1.29, 1.82) is 0 Å². The quantitative estimate of drug-likeness (QED) is 0.702. The predicted molar refractivity (Wildman–Crippen MR) is 41.4 cm³/mol. The Morgan fingerprint density at radius 2 is 2.40 bits per heavy atom. The third-order valence-electron chi connectivity index (χ3n) is 1.70. The van der Waals surface area contributed by atoms with Gasteiger partial charge >= 0.3 is 0 Å². The Morgan fingerprint density at radius 1 is 1.60 bits per heavy atom. The van der Waals surface area contributed by atoms with Crippen LogP contribution in [-0.2, 0) is 0 Å². The first-order valence-corrected chi connectivity index (χ1v) is 4.19. The van der Waals surface area contributed by atoms with Gasteiger partial charge in [0.2, 0.25) is 0 Å². The van der Waals surface area contributed by atoms with Crippen molar-refractivity contribution >= 4 is 16.5 Å². The molecule has 1 aromatic rings. The Labute approximate surface area is 63.6 Å². The molecule has 0 amide bonds. The van der Waals surface area contributed by atoms with Crippen LogP contribution in [0.4, 0.5) is 5.00 Å². The summed E-state index contributed by atoms with van der Waals surface area (Å²) in [5, 5.41) is 8.29. The van der Waals surface area contributed by atoms with Crippen molar-refractivity contribution in [1.82, 2.24) is 9.59 Å². The van der Waals surface area contributed by atoms with E-state index in [0.29, 0.717) is 5.92 Å². The standard InChI is InChI=1S/C6H9N3S/c1-7-6-5(4-2-3-4)8-9-10-6/h4,7H,2-3H2,1H3. The lowest BCUT2D eigenvalue weighted by molar-refractivity contribution is 0.980. The topological polar surface area (TPSA) is 37.8 Å². The zero-order valence-electron chi connectivity index (χ0n) is 5.79. The van der Waals surface area contributed by atoms with Crippen molar-refractivity contribution in [3.8, 4) is 0 Å². The van der Waals surface area contributed by atoms with Gasteiger partial charge in [-0.1, -0.05) is 4.49 Å². The first kappa shape index (κ1) is 6.09. The molecular formula is C6H9N3S. The molecule has 3 nitrogen and oxygen atoms in total. The number of anilines is 1. The molecular weight excluding hydrogens is 146 g/mol. The maximum atomic E-state index is 4.06. The minimum absolute atomic E-state index is 0.709. The summed E-state index contributed by atoms with van der Waals surface area (Å²) in [7, 11) is 1.92. The van der Waals surface area contributed by atoms with Gasteiger partial charge in [-0.25, -0.2) is 0 Å². The fourth-order valence-electron chi connectivity index (χ4n) is 0.995. The summed E-state index contributed by atoms with van der Waals surface area (Å²) in [6.45, 7) is 0. The summed E-state index contributed by atoms with van der Waals surface area (Å²) in [4.78, 5) is 0. The van der Waals surface area contributed by atoms with Crippen LogP contribution in [0, 0.1) is 0 Å². The Kier molecular flexibility index (Phi) is 1.34. The van der Waals surface area contributed by atoms with E-state index in [0.717, 1.165) is 5.00 Å². The van der Waals surface area contributed by atoms with Crippen molar-refractivity contribution in [3.05, 3.63) is 5.69 Å². The summed E-state index contributed by atoms with van der Waals surface area (Å²) in [6, 6.07) is 0. The van der Waals surface area contributed by atoms with E-state index in [9.17, 15) is 0 Å². The molecule has 1 N–H and O–H groups in total. The van der Waals surface area contributed by atoms with Crippen LogP contribution in [0.3, 0.4) is 0 Å². The fraction of sp³-hybridized carbons (Fsp3) is 0.667. The minimum atomic E-state index is 0.709. The highest BCUT2D eigenvalue weighted by Gasteiger charge is 2.28. The molecule has 0 bridgehead atoms. The molecule has 0 unspecified atom stereocenters. The van der Waals surface area contributed by atoms with Crippen LogP contribution in [-0.4, -0.2) is 16.6 Å². The van der Waals surface area contributed by atoms with E-state index < -0.39 is 0 Å². The van der Waals surface area contributed by atoms with Crippen LogP contribution in [0.2, 0.25) is 0 Å². The molecule has 1 fully saturated rings. The van der Waals surface area contributed by atoms with Gasteiger partial charge in [-0.2, -0.15) is 0 Å². The van der Waals surface area contributed by atoms with Crippen molar-refractivity contribution in [2.75, 3.05) is 12.4 Å². The molecule has 54 valence electrons. The number of rotatable bonds is 2. The summed E-state index contributed by atoms with van der Waals surface area (Å²) in [5.41, 5.74) is 1.17. The zero-order chi connectivity index (χ0) is 6.97. The van der Waals surface area contributed by atoms with Gasteiger partial charge in [0.05, 0.1) is 0 Å². The van der Waals surface area contributed by atoms with Crippen molar-refractivity contribution in [3.63, 3.8) is 0 Å². The van der Waals surface area contributed by atoms with Crippen LogP contribution in [0.25, 0.3) is 0 Å². The zero-order valence-corrected chi connectivity index (χ0v) is 6.61. The monoisotopic (exact) mass is 155 g/mol. The highest BCUT2D eigenvalue weighted by atomic mass is 32.1. The molecule has 1 saturated carbocycles. The summed E-state index contributed by atoms with van der Waals surface area (Å²) >= 11 is 1.45. The van der Waals surface area contributed by atoms with Crippen molar-refractivity contribution in [2.24, 2.45) is 0 Å². The third kappa shape index (κ3) is 0.883. The number of hydrogen-bond donors (Lipinski definition) is 1. The Bertz CT molecular complexity index is 229. The van der Waals surface area contributed by atoms with Gasteiger partial charge in [0, 0.05) is 24.5 Å². The van der Waals surface area contributed by atoms with E-state index in [1.807, 2.05) is 7.05 Å². The lowest BCUT2D eigenvalue weighted by Gasteiger charge is -1.94. The molecule has 1 aliphatic carbocycles. The van der Waals surface area contributed by atoms with Crippen molar-refractivity contribution < 1.29 is 0 Å². The second-order valence-electron chi connectivity index (χ2n) is 2.51. The van der Waals surface area contributed by atoms with Gasteiger partial charge in [-0.15, -0.1) is 5.10 Å². The number of hydrogen-bond acceptors (Lipinski definition) is 4. The molecule has 0 atom stereocenters. The Hall–Kier alpha value is -0.640.